The van der Waals surface area contributed by atoms with Crippen molar-refractivity contribution in [3.05, 3.63) is 158 Å². The Morgan fingerprint density at radius 3 is 1.68 bits per heavy atom. The van der Waals surface area contributed by atoms with Crippen LogP contribution < -0.4 is 4.90 Å². The Labute approximate surface area is 259 Å². The zero-order chi connectivity index (χ0) is 29.0. The number of pyridine rings is 1. The molecule has 9 aromatic rings. The average Bonchev–Trinajstić information content (AvgIpc) is 3.47. The van der Waals surface area contributed by atoms with E-state index in [-0.39, 0.29) is 0 Å². The largest absolute Gasteiger partial charge is 0.310 e. The normalized spacial score (nSPS) is 11.6. The summed E-state index contributed by atoms with van der Waals surface area (Å²) in [4.78, 5) is 8.01. The van der Waals surface area contributed by atoms with Crippen molar-refractivity contribution in [2.75, 3.05) is 4.90 Å². The average molecular weight is 579 g/mol. The lowest BCUT2D eigenvalue weighted by molar-refractivity contribution is 1.29. The van der Waals surface area contributed by atoms with Crippen molar-refractivity contribution in [3.63, 3.8) is 0 Å². The maximum Gasteiger partial charge on any atom is 0.124 e. The van der Waals surface area contributed by atoms with Crippen LogP contribution >= 0.6 is 11.3 Å². The molecule has 9 rings (SSSR count). The zero-order valence-electron chi connectivity index (χ0n) is 23.8. The Kier molecular flexibility index (Phi) is 5.71. The van der Waals surface area contributed by atoms with Crippen LogP contribution in [0.4, 0.5) is 17.1 Å². The number of anilines is 3. The molecule has 0 fully saturated rings. The number of benzene rings is 7. The van der Waals surface area contributed by atoms with Gasteiger partial charge in [-0.1, -0.05) is 91.0 Å². The number of rotatable bonds is 4. The van der Waals surface area contributed by atoms with Gasteiger partial charge in [0.15, 0.2) is 0 Å². The van der Waals surface area contributed by atoms with Gasteiger partial charge in [-0.05, 0) is 104 Å². The maximum atomic E-state index is 4.60. The summed E-state index contributed by atoms with van der Waals surface area (Å²) in [7, 11) is 0. The SMILES string of the molecule is c1ccc(N(c2ccc(-c3ccc4c5ccccc5c5ccccc5c4c3)cc2)c2ccc3sc4ncccc4c3c2)cc1. The summed E-state index contributed by atoms with van der Waals surface area (Å²) in [6, 6.07) is 54.9. The number of hydrogen-bond acceptors (Lipinski definition) is 3. The number of hydrogen-bond donors (Lipinski definition) is 0. The van der Waals surface area contributed by atoms with E-state index in [4.69, 9.17) is 0 Å². The second kappa shape index (κ2) is 10.0. The van der Waals surface area contributed by atoms with Crippen molar-refractivity contribution in [2.45, 2.75) is 0 Å². The maximum absolute atomic E-state index is 4.60. The minimum atomic E-state index is 1.08. The first-order chi connectivity index (χ1) is 21.8. The molecule has 44 heavy (non-hydrogen) atoms. The summed E-state index contributed by atoms with van der Waals surface area (Å²) in [5.41, 5.74) is 5.79. The summed E-state index contributed by atoms with van der Waals surface area (Å²) >= 11 is 1.75. The Balaban J connectivity index is 1.17. The lowest BCUT2D eigenvalue weighted by Gasteiger charge is -2.26. The molecule has 0 N–H and O–H groups in total. The summed E-state index contributed by atoms with van der Waals surface area (Å²) in [5, 5.41) is 10.2. The highest BCUT2D eigenvalue weighted by molar-refractivity contribution is 7.25. The standard InChI is InChI=1S/C41H26N2S/c1-2-9-29(10-3-1)43(31-21-23-40-39(26-31)37-15-8-24-42-41(37)44-40)30-19-16-27(17-20-30)28-18-22-36-34-13-5-4-11-32(34)33-12-6-7-14-35(33)38(36)25-28/h1-26H. The first-order valence-electron chi connectivity index (χ1n) is 14.9. The molecule has 7 aromatic carbocycles. The summed E-state index contributed by atoms with van der Waals surface area (Å²) < 4.78 is 1.25. The predicted molar refractivity (Wildman–Crippen MR) is 190 cm³/mol. The van der Waals surface area contributed by atoms with E-state index in [2.05, 4.69) is 155 Å². The second-order valence-electron chi connectivity index (χ2n) is 11.2. The molecular weight excluding hydrogens is 553 g/mol. The molecule has 0 saturated carbocycles. The molecule has 0 radical (unpaired) electrons. The first kappa shape index (κ1) is 25.0. The molecule has 2 nitrogen and oxygen atoms in total. The highest BCUT2D eigenvalue weighted by Crippen LogP contribution is 2.41. The minimum absolute atomic E-state index is 1.08. The van der Waals surface area contributed by atoms with E-state index in [1.165, 1.54) is 58.9 Å². The monoisotopic (exact) mass is 578 g/mol. The topological polar surface area (TPSA) is 16.1 Å². The van der Waals surface area contributed by atoms with E-state index in [1.54, 1.807) is 11.3 Å². The third kappa shape index (κ3) is 3.98. The van der Waals surface area contributed by atoms with Gasteiger partial charge in [-0.2, -0.15) is 0 Å². The first-order valence-corrected chi connectivity index (χ1v) is 15.7. The van der Waals surface area contributed by atoms with Crippen LogP contribution in [-0.2, 0) is 0 Å². The smallest absolute Gasteiger partial charge is 0.124 e. The Hall–Kier alpha value is -5.51. The fourth-order valence-corrected chi connectivity index (χ4v) is 7.68. The highest BCUT2D eigenvalue weighted by atomic mass is 32.1. The van der Waals surface area contributed by atoms with Crippen molar-refractivity contribution >= 4 is 81.0 Å². The van der Waals surface area contributed by atoms with Crippen molar-refractivity contribution in [2.24, 2.45) is 0 Å². The third-order valence-corrected chi connectivity index (χ3v) is 9.80. The molecule has 206 valence electrons. The van der Waals surface area contributed by atoms with Gasteiger partial charge in [-0.3, -0.25) is 0 Å². The van der Waals surface area contributed by atoms with Crippen LogP contribution in [0.15, 0.2) is 158 Å². The van der Waals surface area contributed by atoms with Crippen molar-refractivity contribution in [1.82, 2.24) is 4.98 Å². The molecule has 0 unspecified atom stereocenters. The number of thiophene rings is 1. The van der Waals surface area contributed by atoms with Crippen LogP contribution in [0, 0.1) is 0 Å². The summed E-state index contributed by atoms with van der Waals surface area (Å²) in [6.45, 7) is 0. The molecule has 0 aliphatic carbocycles. The molecule has 2 aromatic heterocycles. The van der Waals surface area contributed by atoms with E-state index in [1.807, 2.05) is 12.3 Å². The van der Waals surface area contributed by atoms with Gasteiger partial charge in [0.2, 0.25) is 0 Å². The number of aromatic nitrogens is 1. The van der Waals surface area contributed by atoms with E-state index < -0.39 is 0 Å². The van der Waals surface area contributed by atoms with Gasteiger partial charge < -0.3 is 4.90 Å². The van der Waals surface area contributed by atoms with Crippen molar-refractivity contribution in [1.29, 1.82) is 0 Å². The van der Waals surface area contributed by atoms with Gasteiger partial charge in [0, 0.05) is 38.7 Å². The van der Waals surface area contributed by atoms with Crippen LogP contribution in [-0.4, -0.2) is 4.98 Å². The predicted octanol–water partition coefficient (Wildman–Crippen LogP) is 12.0. The molecule has 3 heteroatoms. The third-order valence-electron chi connectivity index (χ3n) is 8.71. The fraction of sp³-hybridized carbons (Fsp3) is 0. The van der Waals surface area contributed by atoms with E-state index in [0.29, 0.717) is 0 Å². The van der Waals surface area contributed by atoms with Gasteiger partial charge in [0.05, 0.1) is 0 Å². The fourth-order valence-electron chi connectivity index (χ4n) is 6.65. The Morgan fingerprint density at radius 1 is 0.386 bits per heavy atom. The zero-order valence-corrected chi connectivity index (χ0v) is 24.6. The van der Waals surface area contributed by atoms with E-state index >= 15 is 0 Å². The van der Waals surface area contributed by atoms with Crippen LogP contribution in [0.2, 0.25) is 0 Å². The van der Waals surface area contributed by atoms with Gasteiger partial charge >= 0.3 is 0 Å². The van der Waals surface area contributed by atoms with Crippen molar-refractivity contribution < 1.29 is 0 Å². The van der Waals surface area contributed by atoms with Gasteiger partial charge in [0.25, 0.3) is 0 Å². The van der Waals surface area contributed by atoms with E-state index in [0.717, 1.165) is 21.9 Å². The molecule has 0 amide bonds. The molecule has 0 bridgehead atoms. The molecule has 0 aliphatic heterocycles. The lowest BCUT2D eigenvalue weighted by atomic mass is 9.92. The highest BCUT2D eigenvalue weighted by Gasteiger charge is 2.16. The van der Waals surface area contributed by atoms with Gasteiger partial charge in [0.1, 0.15) is 4.83 Å². The Morgan fingerprint density at radius 2 is 0.955 bits per heavy atom. The van der Waals surface area contributed by atoms with Crippen LogP contribution in [0.1, 0.15) is 0 Å². The number of fused-ring (bicyclic) bond motifs is 9. The molecule has 0 aliphatic rings. The van der Waals surface area contributed by atoms with Crippen molar-refractivity contribution in [3.8, 4) is 11.1 Å². The molecule has 0 spiro atoms. The minimum Gasteiger partial charge on any atom is -0.310 e. The molecule has 0 saturated heterocycles. The van der Waals surface area contributed by atoms with E-state index in [9.17, 15) is 0 Å². The van der Waals surface area contributed by atoms with Gasteiger partial charge in [-0.15, -0.1) is 11.3 Å². The number of para-hydroxylation sites is 1. The van der Waals surface area contributed by atoms with Crippen LogP contribution in [0.5, 0.6) is 0 Å². The Bertz CT molecular complexity index is 2460. The second-order valence-corrected chi connectivity index (χ2v) is 12.2. The lowest BCUT2D eigenvalue weighted by Crippen LogP contribution is -2.09. The van der Waals surface area contributed by atoms with Gasteiger partial charge in [-0.25, -0.2) is 4.98 Å². The quantitative estimate of drug-likeness (QED) is 0.193. The van der Waals surface area contributed by atoms with Crippen LogP contribution in [0.25, 0.3) is 63.7 Å². The molecule has 2 heterocycles. The molecule has 0 atom stereocenters. The molecular formula is C41H26N2S. The number of nitrogens with zero attached hydrogens (tertiary/aromatic N) is 2. The summed E-state index contributed by atoms with van der Waals surface area (Å²) in [5.74, 6) is 0. The van der Waals surface area contributed by atoms with Crippen LogP contribution in [0.3, 0.4) is 0 Å². The summed E-state index contributed by atoms with van der Waals surface area (Å²) in [6.07, 6.45) is 1.87.